The van der Waals surface area contributed by atoms with Crippen molar-refractivity contribution >= 4 is 22.6 Å². The molecule has 4 N–H and O–H groups in total. The Morgan fingerprint density at radius 3 is 2.50 bits per heavy atom. The SMILES string of the molecule is N[C@H](COc1cncc(-c2ccc3[nH]nc(NC(=O)c4ccccc4)c3c2)c1)c1ccccc1. The van der Waals surface area contributed by atoms with Crippen molar-refractivity contribution in [3.05, 3.63) is 108 Å². The van der Waals surface area contributed by atoms with Crippen LogP contribution < -0.4 is 15.8 Å². The van der Waals surface area contributed by atoms with Gasteiger partial charge in [0.25, 0.3) is 5.91 Å². The summed E-state index contributed by atoms with van der Waals surface area (Å²) in [4.78, 5) is 16.9. The van der Waals surface area contributed by atoms with Crippen molar-refractivity contribution in [3.8, 4) is 16.9 Å². The third kappa shape index (κ3) is 4.65. The van der Waals surface area contributed by atoms with E-state index in [0.29, 0.717) is 23.7 Å². The van der Waals surface area contributed by atoms with Crippen LogP contribution in [0.25, 0.3) is 22.0 Å². The molecular weight excluding hydrogens is 426 g/mol. The molecule has 2 aromatic heterocycles. The lowest BCUT2D eigenvalue weighted by molar-refractivity contribution is 0.102. The molecule has 1 atom stereocenters. The van der Waals surface area contributed by atoms with Gasteiger partial charge in [-0.25, -0.2) is 0 Å². The minimum atomic E-state index is -0.233. The number of carbonyl (C=O) groups excluding carboxylic acids is 1. The first-order chi connectivity index (χ1) is 16.7. The number of hydrogen-bond donors (Lipinski definition) is 3. The second-order valence-electron chi connectivity index (χ2n) is 7.89. The van der Waals surface area contributed by atoms with Crippen LogP contribution in [0.5, 0.6) is 5.75 Å². The predicted octanol–water partition coefficient (Wildman–Crippen LogP) is 4.96. The van der Waals surface area contributed by atoms with E-state index in [0.717, 1.165) is 27.6 Å². The predicted molar refractivity (Wildman–Crippen MR) is 133 cm³/mol. The number of aromatic nitrogens is 3. The molecule has 2 heterocycles. The Kier molecular flexibility index (Phi) is 6.01. The Balaban J connectivity index is 1.35. The van der Waals surface area contributed by atoms with Gasteiger partial charge in [0.05, 0.1) is 17.8 Å². The number of H-pyrrole nitrogens is 1. The zero-order valence-electron chi connectivity index (χ0n) is 18.3. The number of nitrogens with one attached hydrogen (secondary N) is 2. The van der Waals surface area contributed by atoms with Crippen LogP contribution in [0, 0.1) is 0 Å². The zero-order valence-corrected chi connectivity index (χ0v) is 18.3. The fraction of sp³-hybridized carbons (Fsp3) is 0.0741. The minimum absolute atomic E-state index is 0.216. The smallest absolute Gasteiger partial charge is 0.256 e. The van der Waals surface area contributed by atoms with Crippen molar-refractivity contribution in [2.45, 2.75) is 6.04 Å². The van der Waals surface area contributed by atoms with Crippen LogP contribution in [0.2, 0.25) is 0 Å². The first kappa shape index (κ1) is 21.4. The first-order valence-corrected chi connectivity index (χ1v) is 10.9. The van der Waals surface area contributed by atoms with Gasteiger partial charge in [0.15, 0.2) is 5.82 Å². The number of aromatic amines is 1. The second kappa shape index (κ2) is 9.56. The third-order valence-corrected chi connectivity index (χ3v) is 5.53. The summed E-state index contributed by atoms with van der Waals surface area (Å²) in [5.41, 5.74) is 10.5. The summed E-state index contributed by atoms with van der Waals surface area (Å²) >= 11 is 0. The molecule has 5 rings (SSSR count). The summed E-state index contributed by atoms with van der Waals surface area (Å²) in [6, 6.07) is 26.4. The van der Waals surface area contributed by atoms with Gasteiger partial charge < -0.3 is 15.8 Å². The topological polar surface area (TPSA) is 106 Å². The summed E-state index contributed by atoms with van der Waals surface area (Å²) in [6.45, 7) is 0.339. The van der Waals surface area contributed by atoms with Crippen molar-refractivity contribution in [1.82, 2.24) is 15.2 Å². The van der Waals surface area contributed by atoms with E-state index in [4.69, 9.17) is 10.5 Å². The molecule has 0 radical (unpaired) electrons. The lowest BCUT2D eigenvalue weighted by atomic mass is 10.1. The Bertz CT molecular complexity index is 1420. The maximum absolute atomic E-state index is 12.6. The van der Waals surface area contributed by atoms with Crippen molar-refractivity contribution in [3.63, 3.8) is 0 Å². The zero-order chi connectivity index (χ0) is 23.3. The van der Waals surface area contributed by atoms with Gasteiger partial charge in [0.2, 0.25) is 0 Å². The summed E-state index contributed by atoms with van der Waals surface area (Å²) in [5.74, 6) is 0.889. The highest BCUT2D eigenvalue weighted by atomic mass is 16.5. The Morgan fingerprint density at radius 1 is 0.941 bits per heavy atom. The average molecular weight is 450 g/mol. The van der Waals surface area contributed by atoms with Crippen LogP contribution in [0.15, 0.2) is 97.3 Å². The van der Waals surface area contributed by atoms with Gasteiger partial charge >= 0.3 is 0 Å². The standard InChI is InChI=1S/C27H23N5O2/c28-24(18-7-3-1-4-8-18)17-34-22-13-21(15-29-16-22)20-11-12-25-23(14-20)26(32-31-25)30-27(33)19-9-5-2-6-10-19/h1-16,24H,17,28H2,(H2,30,31,32,33)/t24-/m1/s1. The highest BCUT2D eigenvalue weighted by Crippen LogP contribution is 2.29. The Morgan fingerprint density at radius 2 is 1.71 bits per heavy atom. The molecule has 168 valence electrons. The van der Waals surface area contributed by atoms with Crippen molar-refractivity contribution in [2.75, 3.05) is 11.9 Å². The molecular formula is C27H23N5O2. The number of carbonyl (C=O) groups is 1. The largest absolute Gasteiger partial charge is 0.490 e. The molecule has 0 unspecified atom stereocenters. The number of benzene rings is 3. The fourth-order valence-corrected chi connectivity index (χ4v) is 3.70. The maximum atomic E-state index is 12.6. The van der Waals surface area contributed by atoms with E-state index in [9.17, 15) is 4.79 Å². The normalized spacial score (nSPS) is 11.8. The fourth-order valence-electron chi connectivity index (χ4n) is 3.70. The number of hydrogen-bond acceptors (Lipinski definition) is 5. The van der Waals surface area contributed by atoms with Crippen LogP contribution in [0.4, 0.5) is 5.82 Å². The molecule has 0 fully saturated rings. The minimum Gasteiger partial charge on any atom is -0.490 e. The molecule has 1 amide bonds. The molecule has 0 saturated carbocycles. The number of nitrogens with zero attached hydrogens (tertiary/aromatic N) is 2. The molecule has 5 aromatic rings. The van der Waals surface area contributed by atoms with Gasteiger partial charge in [-0.05, 0) is 41.5 Å². The van der Waals surface area contributed by atoms with Gasteiger partial charge in [-0.3, -0.25) is 14.9 Å². The van der Waals surface area contributed by atoms with Crippen molar-refractivity contribution < 1.29 is 9.53 Å². The van der Waals surface area contributed by atoms with Crippen LogP contribution >= 0.6 is 0 Å². The molecule has 7 nitrogen and oxygen atoms in total. The second-order valence-corrected chi connectivity index (χ2v) is 7.89. The number of pyridine rings is 1. The maximum Gasteiger partial charge on any atom is 0.256 e. The van der Waals surface area contributed by atoms with Gasteiger partial charge in [-0.1, -0.05) is 54.6 Å². The van der Waals surface area contributed by atoms with E-state index in [-0.39, 0.29) is 11.9 Å². The molecule has 0 spiro atoms. The van der Waals surface area contributed by atoms with E-state index in [1.54, 1.807) is 24.5 Å². The lowest BCUT2D eigenvalue weighted by Gasteiger charge is -2.14. The lowest BCUT2D eigenvalue weighted by Crippen LogP contribution is -2.18. The summed E-state index contributed by atoms with van der Waals surface area (Å²) in [5, 5.41) is 10.9. The van der Waals surface area contributed by atoms with E-state index in [2.05, 4.69) is 20.5 Å². The molecule has 0 aliphatic rings. The van der Waals surface area contributed by atoms with Gasteiger partial charge in [-0.15, -0.1) is 0 Å². The Labute approximate surface area is 196 Å². The van der Waals surface area contributed by atoms with Crippen LogP contribution in [0.3, 0.4) is 0 Å². The van der Waals surface area contributed by atoms with E-state index in [1.165, 1.54) is 0 Å². The van der Waals surface area contributed by atoms with E-state index < -0.39 is 0 Å². The number of nitrogens with two attached hydrogens (primary N) is 1. The molecule has 34 heavy (non-hydrogen) atoms. The van der Waals surface area contributed by atoms with Gasteiger partial charge in [0.1, 0.15) is 12.4 Å². The monoisotopic (exact) mass is 449 g/mol. The number of ether oxygens (including phenoxy) is 1. The molecule has 0 aliphatic carbocycles. The summed E-state index contributed by atoms with van der Waals surface area (Å²) in [6.07, 6.45) is 3.44. The third-order valence-electron chi connectivity index (χ3n) is 5.53. The van der Waals surface area contributed by atoms with E-state index in [1.807, 2.05) is 72.8 Å². The van der Waals surface area contributed by atoms with Crippen LogP contribution in [-0.4, -0.2) is 27.7 Å². The average Bonchev–Trinajstić information content (AvgIpc) is 3.30. The van der Waals surface area contributed by atoms with E-state index >= 15 is 0 Å². The number of fused-ring (bicyclic) bond motifs is 1. The number of amides is 1. The Hall–Kier alpha value is -4.49. The van der Waals surface area contributed by atoms with Crippen molar-refractivity contribution in [1.29, 1.82) is 0 Å². The summed E-state index contributed by atoms with van der Waals surface area (Å²) < 4.78 is 5.92. The van der Waals surface area contributed by atoms with Gasteiger partial charge in [0, 0.05) is 22.7 Å². The molecule has 7 heteroatoms. The first-order valence-electron chi connectivity index (χ1n) is 10.9. The molecule has 3 aromatic carbocycles. The molecule has 0 aliphatic heterocycles. The molecule has 0 saturated heterocycles. The highest BCUT2D eigenvalue weighted by Gasteiger charge is 2.13. The number of anilines is 1. The van der Waals surface area contributed by atoms with Gasteiger partial charge in [-0.2, -0.15) is 5.10 Å². The van der Waals surface area contributed by atoms with Crippen molar-refractivity contribution in [2.24, 2.45) is 5.73 Å². The summed E-state index contributed by atoms with van der Waals surface area (Å²) in [7, 11) is 0. The number of rotatable bonds is 7. The quantitative estimate of drug-likeness (QED) is 0.326. The highest BCUT2D eigenvalue weighted by molar-refractivity contribution is 6.08. The van der Waals surface area contributed by atoms with Crippen LogP contribution in [-0.2, 0) is 0 Å². The molecule has 0 bridgehead atoms. The van der Waals surface area contributed by atoms with Crippen LogP contribution in [0.1, 0.15) is 22.0 Å².